The maximum Gasteiger partial charge on any atom is 0.194 e. The summed E-state index contributed by atoms with van der Waals surface area (Å²) in [5.74, 6) is 0. The summed E-state index contributed by atoms with van der Waals surface area (Å²) in [6.07, 6.45) is 8.11. The van der Waals surface area contributed by atoms with E-state index < -0.39 is 0 Å². The molecule has 2 aromatic carbocycles. The van der Waals surface area contributed by atoms with Gasteiger partial charge in [0.2, 0.25) is 0 Å². The van der Waals surface area contributed by atoms with E-state index in [-0.39, 0.29) is 34.0 Å². The molecule has 4 aromatic rings. The predicted octanol–water partition coefficient (Wildman–Crippen LogP) is -2.93. The minimum Gasteiger partial charge on any atom is -1.00 e. The van der Waals surface area contributed by atoms with Gasteiger partial charge in [-0.15, -0.1) is 0 Å². The second-order valence-electron chi connectivity index (χ2n) is 8.32. The van der Waals surface area contributed by atoms with Crippen LogP contribution in [0.15, 0.2) is 85.5 Å². The van der Waals surface area contributed by atoms with Gasteiger partial charge in [0.15, 0.2) is 37.9 Å². The van der Waals surface area contributed by atoms with Crippen molar-refractivity contribution in [2.24, 2.45) is 0 Å². The summed E-state index contributed by atoms with van der Waals surface area (Å²) in [6.45, 7) is 2.95. The molecule has 176 valence electrons. The molecule has 0 amide bonds. The predicted molar refractivity (Wildman–Crippen MR) is 128 cm³/mol. The first-order valence-electron chi connectivity index (χ1n) is 10.8. The fourth-order valence-electron chi connectivity index (χ4n) is 4.05. The van der Waals surface area contributed by atoms with Crippen molar-refractivity contribution in [3.63, 3.8) is 0 Å². The molecule has 8 heteroatoms. The molecule has 6 nitrogen and oxygen atoms in total. The minimum absolute atomic E-state index is 0. The maximum atomic E-state index is 6.33. The number of anilines is 4. The molecular weight excluding hydrogens is 556 g/mol. The normalized spacial score (nSPS) is 12.5. The van der Waals surface area contributed by atoms with Gasteiger partial charge in [0.1, 0.15) is 11.4 Å². The van der Waals surface area contributed by atoms with Gasteiger partial charge in [0, 0.05) is 36.3 Å². The van der Waals surface area contributed by atoms with Gasteiger partial charge in [0.05, 0.1) is 11.4 Å². The summed E-state index contributed by atoms with van der Waals surface area (Å²) in [7, 11) is 0. The minimum atomic E-state index is 0. The molecule has 0 fully saturated rings. The lowest BCUT2D eigenvalue weighted by molar-refractivity contribution is -0.688. The van der Waals surface area contributed by atoms with Crippen LogP contribution in [0.1, 0.15) is 22.3 Å². The molecule has 0 atom stereocenters. The van der Waals surface area contributed by atoms with Crippen molar-refractivity contribution >= 4 is 22.7 Å². The highest BCUT2D eigenvalue weighted by atomic mass is 79.9. The fourth-order valence-corrected chi connectivity index (χ4v) is 4.05. The van der Waals surface area contributed by atoms with Crippen LogP contribution in [-0.4, -0.2) is 0 Å². The van der Waals surface area contributed by atoms with E-state index in [1.54, 1.807) is 0 Å². The smallest absolute Gasteiger partial charge is 0.194 e. The number of rotatable bonds is 0. The topological polar surface area (TPSA) is 83.9 Å². The number of nitrogens with one attached hydrogen (secondary N) is 2. The van der Waals surface area contributed by atoms with Gasteiger partial charge in [-0.3, -0.25) is 0 Å². The average Bonchev–Trinajstić information content (AvgIpc) is 2.79. The summed E-state index contributed by atoms with van der Waals surface area (Å²) in [5.41, 5.74) is 20.9. The van der Waals surface area contributed by atoms with Crippen molar-refractivity contribution < 1.29 is 43.1 Å². The Morgan fingerprint density at radius 3 is 1.44 bits per heavy atom. The number of hydrogen-bond donors (Lipinski definition) is 4. The molecule has 0 aliphatic carbocycles. The first-order chi connectivity index (χ1) is 15.6. The van der Waals surface area contributed by atoms with Crippen molar-refractivity contribution in [2.75, 3.05) is 22.1 Å². The highest BCUT2D eigenvalue weighted by Crippen LogP contribution is 2.19. The Morgan fingerprint density at radius 2 is 1.03 bits per heavy atom. The number of hydrogen-bond acceptors (Lipinski definition) is 4. The number of pyridine rings is 2. The molecule has 8 heterocycles. The lowest BCUT2D eigenvalue weighted by Crippen LogP contribution is -3.00. The van der Waals surface area contributed by atoms with Crippen LogP contribution in [0, 0.1) is 0 Å². The molecule has 0 spiro atoms. The Kier molecular flexibility index (Phi) is 8.52. The number of nitrogens with two attached hydrogens (primary N) is 2. The third kappa shape index (κ3) is 6.07. The Morgan fingerprint density at radius 1 is 0.588 bits per heavy atom. The van der Waals surface area contributed by atoms with Crippen LogP contribution in [0.2, 0.25) is 0 Å². The van der Waals surface area contributed by atoms with E-state index in [9.17, 15) is 0 Å². The van der Waals surface area contributed by atoms with Crippen molar-refractivity contribution in [3.05, 3.63) is 108 Å². The lowest BCUT2D eigenvalue weighted by atomic mass is 10.1. The Balaban J connectivity index is 0.00000162. The standard InChI is InChI=1S/C26H26N6.2BrH/c27-23-17-31-10-8-25(23)29-13-19-4-6-20(7-5-19)14-30-26-9-11-32(18-24(26)28)16-22-3-1-2-21(12-22)15-31;;/h1-12,17-18H,13-16,27-28H2;2*1H. The molecule has 0 unspecified atom stereocenters. The average molecular weight is 584 g/mol. The van der Waals surface area contributed by atoms with E-state index in [0.29, 0.717) is 0 Å². The molecule has 0 saturated carbocycles. The van der Waals surface area contributed by atoms with Crippen LogP contribution < -0.4 is 65.2 Å². The van der Waals surface area contributed by atoms with Crippen molar-refractivity contribution in [1.29, 1.82) is 0 Å². The van der Waals surface area contributed by atoms with Crippen LogP contribution in [0.4, 0.5) is 22.7 Å². The molecule has 2 aromatic heterocycles. The summed E-state index contributed by atoms with van der Waals surface area (Å²) in [4.78, 5) is 0. The van der Waals surface area contributed by atoms with Gasteiger partial charge in [-0.25, -0.2) is 0 Å². The lowest BCUT2D eigenvalue weighted by Gasteiger charge is -2.10. The molecule has 34 heavy (non-hydrogen) atoms. The quantitative estimate of drug-likeness (QED) is 0.167. The number of nitrogen functional groups attached to an aromatic ring is 2. The van der Waals surface area contributed by atoms with Crippen LogP contribution in [0.25, 0.3) is 0 Å². The SMILES string of the molecule is Nc1c[n+]2ccc1NCc1ccc(cc1)CNc1cc[n+](cc1N)Cc1cccc(c1)C2.[Br-].[Br-]. The number of nitrogens with zero attached hydrogens (tertiary/aromatic N) is 2. The summed E-state index contributed by atoms with van der Waals surface area (Å²) in [6, 6.07) is 21.3. The van der Waals surface area contributed by atoms with Gasteiger partial charge in [-0.05, 0) is 17.2 Å². The summed E-state index contributed by atoms with van der Waals surface area (Å²) < 4.78 is 4.23. The van der Waals surface area contributed by atoms with Crippen molar-refractivity contribution in [2.45, 2.75) is 26.2 Å². The molecule has 8 bridgehead atoms. The molecule has 0 saturated heterocycles. The van der Waals surface area contributed by atoms with E-state index in [0.717, 1.165) is 48.9 Å². The Bertz CT molecular complexity index is 1170. The van der Waals surface area contributed by atoms with Crippen molar-refractivity contribution in [1.82, 2.24) is 0 Å². The number of benzene rings is 2. The monoisotopic (exact) mass is 582 g/mol. The first kappa shape index (κ1) is 25.5. The van der Waals surface area contributed by atoms with Crippen LogP contribution in [0.3, 0.4) is 0 Å². The van der Waals surface area contributed by atoms with Gasteiger partial charge >= 0.3 is 0 Å². The summed E-state index contributed by atoms with van der Waals surface area (Å²) >= 11 is 0. The van der Waals surface area contributed by atoms with E-state index in [4.69, 9.17) is 11.5 Å². The van der Waals surface area contributed by atoms with Gasteiger partial charge < -0.3 is 56.1 Å². The fraction of sp³-hybridized carbons (Fsp3) is 0.154. The van der Waals surface area contributed by atoms with Gasteiger partial charge in [-0.1, -0.05) is 42.5 Å². The van der Waals surface area contributed by atoms with Crippen LogP contribution in [0.5, 0.6) is 0 Å². The van der Waals surface area contributed by atoms with Gasteiger partial charge in [-0.2, -0.15) is 9.13 Å². The maximum absolute atomic E-state index is 6.33. The number of aromatic nitrogens is 2. The molecule has 6 aliphatic heterocycles. The van der Waals surface area contributed by atoms with Crippen molar-refractivity contribution in [3.8, 4) is 0 Å². The highest BCUT2D eigenvalue weighted by Gasteiger charge is 2.12. The molecule has 0 radical (unpaired) electrons. The second-order valence-corrected chi connectivity index (χ2v) is 8.32. The third-order valence-electron chi connectivity index (χ3n) is 5.81. The van der Waals surface area contributed by atoms with E-state index in [1.165, 1.54) is 22.3 Å². The third-order valence-corrected chi connectivity index (χ3v) is 5.81. The molecular formula is C26H28Br2N6. The largest absolute Gasteiger partial charge is 1.00 e. The zero-order chi connectivity index (χ0) is 21.9. The Labute approximate surface area is 221 Å². The van der Waals surface area contributed by atoms with Gasteiger partial charge in [0.25, 0.3) is 0 Å². The molecule has 6 aliphatic rings. The highest BCUT2D eigenvalue weighted by molar-refractivity contribution is 5.64. The second kappa shape index (κ2) is 11.4. The van der Waals surface area contributed by atoms with E-state index in [2.05, 4.69) is 80.7 Å². The molecule has 6 N–H and O–H groups in total. The first-order valence-corrected chi connectivity index (χ1v) is 10.8. The van der Waals surface area contributed by atoms with Crippen LogP contribution in [-0.2, 0) is 26.2 Å². The number of halogens is 2. The van der Waals surface area contributed by atoms with E-state index >= 15 is 0 Å². The molecule has 10 rings (SSSR count). The zero-order valence-corrected chi connectivity index (χ0v) is 21.9. The Hall–Kier alpha value is -3.10. The van der Waals surface area contributed by atoms with E-state index in [1.807, 2.05) is 24.5 Å². The zero-order valence-electron chi connectivity index (χ0n) is 18.7. The van der Waals surface area contributed by atoms with Crippen LogP contribution >= 0.6 is 0 Å². The summed E-state index contributed by atoms with van der Waals surface area (Å²) in [5, 5.41) is 6.90.